The van der Waals surface area contributed by atoms with Gasteiger partial charge in [0.15, 0.2) is 6.61 Å². The SMILES string of the molecule is Cc1ccc(S(=O)(=O)N2CCC(C(=O)OCC(=O)N[C@H](C)c3ccc(F)cc3)CC2)cc1C. The molecule has 178 valence electrons. The molecule has 1 atom stereocenters. The Morgan fingerprint density at radius 2 is 1.73 bits per heavy atom. The number of aryl methyl sites for hydroxylation is 2. The molecule has 1 heterocycles. The standard InChI is InChI=1S/C24H29FN2O5S/c1-16-4-9-22(14-17(16)2)33(30,31)27-12-10-20(11-13-27)24(29)32-15-23(28)26-18(3)19-5-7-21(25)8-6-19/h4-9,14,18,20H,10-13,15H2,1-3H3,(H,26,28)/t18-/m1/s1. The van der Waals surface area contributed by atoms with Crippen molar-refractivity contribution in [3.05, 3.63) is 65.0 Å². The predicted octanol–water partition coefficient (Wildman–Crippen LogP) is 3.26. The number of rotatable bonds is 7. The molecule has 0 aliphatic carbocycles. The highest BCUT2D eigenvalue weighted by Crippen LogP contribution is 2.25. The quantitative estimate of drug-likeness (QED) is 0.620. The molecule has 0 aromatic heterocycles. The number of halogens is 1. The minimum atomic E-state index is -3.63. The number of esters is 1. The molecule has 2 aromatic rings. The lowest BCUT2D eigenvalue weighted by atomic mass is 9.98. The maximum atomic E-state index is 13.0. The fraction of sp³-hybridized carbons (Fsp3) is 0.417. The van der Waals surface area contributed by atoms with Crippen molar-refractivity contribution >= 4 is 21.9 Å². The first kappa shape index (κ1) is 24.9. The van der Waals surface area contributed by atoms with Crippen LogP contribution in [-0.2, 0) is 24.3 Å². The third-order valence-corrected chi connectivity index (χ3v) is 7.89. The van der Waals surface area contributed by atoms with Gasteiger partial charge in [0.1, 0.15) is 5.82 Å². The molecule has 0 unspecified atom stereocenters. The molecule has 33 heavy (non-hydrogen) atoms. The highest BCUT2D eigenvalue weighted by Gasteiger charge is 2.33. The zero-order valence-electron chi connectivity index (χ0n) is 19.0. The summed E-state index contributed by atoms with van der Waals surface area (Å²) in [5, 5.41) is 2.70. The number of hydrogen-bond donors (Lipinski definition) is 1. The second-order valence-corrected chi connectivity index (χ2v) is 10.3. The van der Waals surface area contributed by atoms with Crippen LogP contribution in [0.5, 0.6) is 0 Å². The number of nitrogens with zero attached hydrogens (tertiary/aromatic N) is 1. The zero-order valence-corrected chi connectivity index (χ0v) is 19.8. The highest BCUT2D eigenvalue weighted by atomic mass is 32.2. The lowest BCUT2D eigenvalue weighted by molar-refractivity contribution is -0.153. The number of ether oxygens (including phenoxy) is 1. The Labute approximate surface area is 194 Å². The molecule has 1 aliphatic heterocycles. The van der Waals surface area contributed by atoms with Crippen LogP contribution in [0.2, 0.25) is 0 Å². The molecule has 1 N–H and O–H groups in total. The Morgan fingerprint density at radius 3 is 2.33 bits per heavy atom. The average molecular weight is 477 g/mol. The van der Waals surface area contributed by atoms with E-state index < -0.39 is 34.4 Å². The first-order valence-electron chi connectivity index (χ1n) is 10.9. The van der Waals surface area contributed by atoms with E-state index in [1.165, 1.54) is 16.4 Å². The van der Waals surface area contributed by atoms with Gasteiger partial charge >= 0.3 is 5.97 Å². The predicted molar refractivity (Wildman–Crippen MR) is 121 cm³/mol. The molecular weight excluding hydrogens is 447 g/mol. The minimum absolute atomic E-state index is 0.211. The zero-order chi connectivity index (χ0) is 24.2. The van der Waals surface area contributed by atoms with Crippen LogP contribution < -0.4 is 5.32 Å². The van der Waals surface area contributed by atoms with E-state index in [4.69, 9.17) is 4.74 Å². The van der Waals surface area contributed by atoms with Gasteiger partial charge in [-0.3, -0.25) is 9.59 Å². The molecule has 7 nitrogen and oxygen atoms in total. The van der Waals surface area contributed by atoms with E-state index in [1.807, 2.05) is 13.8 Å². The average Bonchev–Trinajstić information content (AvgIpc) is 2.79. The number of carbonyl (C=O) groups excluding carboxylic acids is 2. The van der Waals surface area contributed by atoms with Crippen LogP contribution in [0.1, 0.15) is 42.5 Å². The van der Waals surface area contributed by atoms with E-state index in [1.54, 1.807) is 37.3 Å². The fourth-order valence-corrected chi connectivity index (χ4v) is 5.28. The number of carbonyl (C=O) groups is 2. The summed E-state index contributed by atoms with van der Waals surface area (Å²) in [6.45, 7) is 5.54. The Morgan fingerprint density at radius 1 is 1.09 bits per heavy atom. The van der Waals surface area contributed by atoms with Gasteiger partial charge in [-0.15, -0.1) is 0 Å². The Bertz CT molecular complexity index is 1110. The van der Waals surface area contributed by atoms with Crippen LogP contribution in [-0.4, -0.2) is 44.3 Å². The molecule has 0 saturated carbocycles. The fourth-order valence-electron chi connectivity index (χ4n) is 3.73. The van der Waals surface area contributed by atoms with Gasteiger partial charge in [-0.25, -0.2) is 12.8 Å². The number of amides is 1. The van der Waals surface area contributed by atoms with Crippen molar-refractivity contribution in [3.63, 3.8) is 0 Å². The van der Waals surface area contributed by atoms with Gasteiger partial charge in [0.25, 0.3) is 5.91 Å². The summed E-state index contributed by atoms with van der Waals surface area (Å²) in [7, 11) is -3.63. The first-order valence-corrected chi connectivity index (χ1v) is 12.3. The Hall–Kier alpha value is -2.78. The monoisotopic (exact) mass is 476 g/mol. The summed E-state index contributed by atoms with van der Waals surface area (Å²) in [6.07, 6.45) is 0.660. The van der Waals surface area contributed by atoms with E-state index in [0.29, 0.717) is 12.8 Å². The number of hydrogen-bond acceptors (Lipinski definition) is 5. The Balaban J connectivity index is 1.47. The molecule has 2 aromatic carbocycles. The smallest absolute Gasteiger partial charge is 0.309 e. The van der Waals surface area contributed by atoms with Gasteiger partial charge in [-0.2, -0.15) is 4.31 Å². The van der Waals surface area contributed by atoms with Crippen LogP contribution in [0.4, 0.5) is 4.39 Å². The second-order valence-electron chi connectivity index (χ2n) is 8.37. The molecule has 1 saturated heterocycles. The highest BCUT2D eigenvalue weighted by molar-refractivity contribution is 7.89. The van der Waals surface area contributed by atoms with Crippen LogP contribution in [0.15, 0.2) is 47.4 Å². The largest absolute Gasteiger partial charge is 0.455 e. The van der Waals surface area contributed by atoms with Crippen LogP contribution in [0.25, 0.3) is 0 Å². The third-order valence-electron chi connectivity index (χ3n) is 6.00. The van der Waals surface area contributed by atoms with E-state index in [9.17, 15) is 22.4 Å². The van der Waals surface area contributed by atoms with Gasteiger partial charge < -0.3 is 10.1 Å². The molecule has 1 aliphatic rings. The summed E-state index contributed by atoms with van der Waals surface area (Å²) in [5.74, 6) is -1.80. The number of sulfonamides is 1. The maximum absolute atomic E-state index is 13.0. The van der Waals surface area contributed by atoms with E-state index in [2.05, 4.69) is 5.32 Å². The molecular formula is C24H29FN2O5S. The van der Waals surface area contributed by atoms with Crippen LogP contribution in [0, 0.1) is 25.6 Å². The van der Waals surface area contributed by atoms with Crippen molar-refractivity contribution in [2.75, 3.05) is 19.7 Å². The number of piperidine rings is 1. The van der Waals surface area contributed by atoms with Crippen molar-refractivity contribution in [3.8, 4) is 0 Å². The van der Waals surface area contributed by atoms with Crippen LogP contribution in [0.3, 0.4) is 0 Å². The van der Waals surface area contributed by atoms with Crippen molar-refractivity contribution < 1.29 is 27.1 Å². The lowest BCUT2D eigenvalue weighted by Crippen LogP contribution is -2.41. The van der Waals surface area contributed by atoms with Crippen molar-refractivity contribution in [1.82, 2.24) is 9.62 Å². The van der Waals surface area contributed by atoms with Gasteiger partial charge in [0, 0.05) is 13.1 Å². The summed E-state index contributed by atoms with van der Waals surface area (Å²) in [6, 6.07) is 10.5. The van der Waals surface area contributed by atoms with Crippen molar-refractivity contribution in [2.24, 2.45) is 5.92 Å². The second kappa shape index (κ2) is 10.4. The van der Waals surface area contributed by atoms with Gasteiger partial charge in [-0.05, 0) is 74.6 Å². The van der Waals surface area contributed by atoms with Gasteiger partial charge in [0.05, 0.1) is 16.9 Å². The number of benzene rings is 2. The molecule has 1 amide bonds. The summed E-state index contributed by atoms with van der Waals surface area (Å²) in [4.78, 5) is 24.8. The van der Waals surface area contributed by atoms with Crippen molar-refractivity contribution in [1.29, 1.82) is 0 Å². The summed E-state index contributed by atoms with van der Waals surface area (Å²) in [5.41, 5.74) is 2.65. The molecule has 0 bridgehead atoms. The van der Waals surface area contributed by atoms with Crippen LogP contribution >= 0.6 is 0 Å². The summed E-state index contributed by atoms with van der Waals surface area (Å²) < 4.78 is 45.4. The minimum Gasteiger partial charge on any atom is -0.455 e. The molecule has 1 fully saturated rings. The molecule has 3 rings (SSSR count). The maximum Gasteiger partial charge on any atom is 0.309 e. The van der Waals surface area contributed by atoms with Gasteiger partial charge in [0.2, 0.25) is 10.0 Å². The normalized spacial score (nSPS) is 16.2. The summed E-state index contributed by atoms with van der Waals surface area (Å²) >= 11 is 0. The molecule has 0 radical (unpaired) electrons. The first-order chi connectivity index (χ1) is 15.6. The van der Waals surface area contributed by atoms with E-state index >= 15 is 0 Å². The number of nitrogens with one attached hydrogen (secondary N) is 1. The molecule has 0 spiro atoms. The van der Waals surface area contributed by atoms with E-state index in [-0.39, 0.29) is 29.8 Å². The van der Waals surface area contributed by atoms with E-state index in [0.717, 1.165) is 16.7 Å². The third kappa shape index (κ3) is 6.17. The Kier molecular flexibility index (Phi) is 7.86. The molecule has 9 heteroatoms. The van der Waals surface area contributed by atoms with Gasteiger partial charge in [-0.1, -0.05) is 18.2 Å². The van der Waals surface area contributed by atoms with Crippen molar-refractivity contribution in [2.45, 2.75) is 44.6 Å². The topological polar surface area (TPSA) is 92.8 Å². The lowest BCUT2D eigenvalue weighted by Gasteiger charge is -2.30.